The van der Waals surface area contributed by atoms with E-state index in [1.54, 1.807) is 32.0 Å². The van der Waals surface area contributed by atoms with Crippen molar-refractivity contribution in [1.82, 2.24) is 29.7 Å². The number of thioether (sulfide) groups is 1. The zero-order valence-electron chi connectivity index (χ0n) is 22.6. The second kappa shape index (κ2) is 12.3. The number of benzene rings is 1. The summed E-state index contributed by atoms with van der Waals surface area (Å²) < 4.78 is 40.7. The molecule has 1 atom stereocenters. The van der Waals surface area contributed by atoms with Crippen LogP contribution in [0.15, 0.2) is 45.6 Å². The van der Waals surface area contributed by atoms with E-state index in [0.717, 1.165) is 25.7 Å². The molecule has 0 radical (unpaired) electrons. The fourth-order valence-electron chi connectivity index (χ4n) is 5.33. The summed E-state index contributed by atoms with van der Waals surface area (Å²) in [5, 5.41) is 15.1. The normalized spacial score (nSPS) is 20.9. The first-order valence-electron chi connectivity index (χ1n) is 13.5. The third-order valence-corrected chi connectivity index (χ3v) is 10.1. The highest BCUT2D eigenvalue weighted by atomic mass is 32.2. The molecule has 2 aliphatic heterocycles. The summed E-state index contributed by atoms with van der Waals surface area (Å²) in [5.41, 5.74) is 1.51. The monoisotopic (exact) mass is 590 g/mol. The predicted molar refractivity (Wildman–Crippen MR) is 148 cm³/mol. The van der Waals surface area contributed by atoms with E-state index in [4.69, 9.17) is 9.47 Å². The van der Waals surface area contributed by atoms with Crippen molar-refractivity contribution in [3.05, 3.63) is 35.5 Å². The van der Waals surface area contributed by atoms with Crippen molar-refractivity contribution in [1.29, 1.82) is 0 Å². The Morgan fingerprint density at radius 3 is 2.67 bits per heavy atom. The minimum absolute atomic E-state index is 0.159. The van der Waals surface area contributed by atoms with E-state index >= 15 is 0 Å². The van der Waals surface area contributed by atoms with Crippen LogP contribution >= 0.6 is 11.8 Å². The Morgan fingerprint density at radius 1 is 1.20 bits per heavy atom. The number of rotatable bonds is 9. The fourth-order valence-corrected chi connectivity index (χ4v) is 7.75. The molecule has 5 rings (SSSR count). The number of carbonyl (C=O) groups is 2. The molecule has 1 saturated heterocycles. The second-order valence-corrected chi connectivity index (χ2v) is 12.8. The lowest BCUT2D eigenvalue weighted by atomic mass is 10.1. The summed E-state index contributed by atoms with van der Waals surface area (Å²) in [6.45, 7) is 5.09. The lowest BCUT2D eigenvalue weighted by molar-refractivity contribution is -0.138. The van der Waals surface area contributed by atoms with Gasteiger partial charge in [-0.2, -0.15) is 4.31 Å². The number of hydrogen-bond acceptors (Lipinski definition) is 9. The number of nitrogens with zero attached hydrogens (tertiary/aromatic N) is 4. The Hall–Kier alpha value is -2.94. The first-order chi connectivity index (χ1) is 19.3. The highest BCUT2D eigenvalue weighted by Gasteiger charge is 2.32. The number of hydrogen-bond donors (Lipinski definition) is 2. The Kier molecular flexibility index (Phi) is 8.78. The third kappa shape index (κ3) is 5.90. The molecule has 1 aromatic carbocycles. The Bertz CT molecular complexity index is 1400. The van der Waals surface area contributed by atoms with Crippen LogP contribution in [0.5, 0.6) is 0 Å². The number of morpholine rings is 1. The topological polar surface area (TPSA) is 145 Å². The first kappa shape index (κ1) is 28.6. The third-order valence-electron chi connectivity index (χ3n) is 7.27. The first-order valence-corrected chi connectivity index (χ1v) is 16.0. The summed E-state index contributed by atoms with van der Waals surface area (Å²) in [7, 11) is -3.68. The maximum atomic E-state index is 13.3. The van der Waals surface area contributed by atoms with Crippen molar-refractivity contribution in [2.75, 3.05) is 38.7 Å². The summed E-state index contributed by atoms with van der Waals surface area (Å²) in [5.74, 6) is 0.396. The lowest BCUT2D eigenvalue weighted by Crippen LogP contribution is -2.49. The SMILES string of the molecule is CCOC(=O)C1=C(CSc2nnc(-c3cccc(S(=O)(=O)N4CCOCC4)c3)n2C2CCCC2)NC(=O)N[C@H]1C. The molecule has 1 aliphatic carbocycles. The highest BCUT2D eigenvalue weighted by molar-refractivity contribution is 7.99. The number of amides is 2. The van der Waals surface area contributed by atoms with Crippen molar-refractivity contribution in [3.8, 4) is 11.4 Å². The molecule has 1 aromatic heterocycles. The number of ether oxygens (including phenoxy) is 2. The van der Waals surface area contributed by atoms with Crippen molar-refractivity contribution >= 4 is 33.8 Å². The van der Waals surface area contributed by atoms with Gasteiger partial charge in [0.1, 0.15) is 0 Å². The molecule has 0 bridgehead atoms. The van der Waals surface area contributed by atoms with Gasteiger partial charge in [0, 0.05) is 36.1 Å². The molecule has 1 saturated carbocycles. The van der Waals surface area contributed by atoms with Crippen molar-refractivity contribution in [3.63, 3.8) is 0 Å². The van der Waals surface area contributed by atoms with E-state index in [9.17, 15) is 18.0 Å². The molecule has 3 heterocycles. The number of sulfonamides is 1. The van der Waals surface area contributed by atoms with Crippen LogP contribution in [0.1, 0.15) is 45.6 Å². The maximum absolute atomic E-state index is 13.3. The van der Waals surface area contributed by atoms with Gasteiger partial charge in [-0.15, -0.1) is 10.2 Å². The van der Waals surface area contributed by atoms with Crippen molar-refractivity contribution in [2.24, 2.45) is 0 Å². The molecule has 2 aromatic rings. The molecule has 40 heavy (non-hydrogen) atoms. The highest BCUT2D eigenvalue weighted by Crippen LogP contribution is 2.37. The van der Waals surface area contributed by atoms with Crippen LogP contribution in [0.3, 0.4) is 0 Å². The van der Waals surface area contributed by atoms with Crippen LogP contribution < -0.4 is 10.6 Å². The van der Waals surface area contributed by atoms with Gasteiger partial charge in [0.25, 0.3) is 0 Å². The molecular formula is C26H34N6O6S2. The van der Waals surface area contributed by atoms with Gasteiger partial charge >= 0.3 is 12.0 Å². The van der Waals surface area contributed by atoms with E-state index in [1.807, 2.05) is 6.07 Å². The van der Waals surface area contributed by atoms with Crippen LogP contribution in [-0.4, -0.2) is 84.2 Å². The minimum Gasteiger partial charge on any atom is -0.463 e. The van der Waals surface area contributed by atoms with E-state index in [-0.39, 0.29) is 29.3 Å². The predicted octanol–water partition coefficient (Wildman–Crippen LogP) is 2.69. The molecule has 0 unspecified atom stereocenters. The molecule has 216 valence electrons. The molecule has 2 fully saturated rings. The van der Waals surface area contributed by atoms with Crippen LogP contribution in [-0.2, 0) is 24.3 Å². The quantitative estimate of drug-likeness (QED) is 0.333. The van der Waals surface area contributed by atoms with Crippen LogP contribution in [0, 0.1) is 0 Å². The molecule has 3 aliphatic rings. The lowest BCUT2D eigenvalue weighted by Gasteiger charge is -2.26. The zero-order chi connectivity index (χ0) is 28.3. The molecule has 2 amide bonds. The molecule has 2 N–H and O–H groups in total. The van der Waals surface area contributed by atoms with Crippen molar-refractivity contribution in [2.45, 2.75) is 61.7 Å². The van der Waals surface area contributed by atoms with E-state index < -0.39 is 22.0 Å². The van der Waals surface area contributed by atoms with Gasteiger partial charge in [0.05, 0.1) is 36.3 Å². The van der Waals surface area contributed by atoms with Gasteiger partial charge in [0.2, 0.25) is 10.0 Å². The second-order valence-electron chi connectivity index (χ2n) is 9.88. The van der Waals surface area contributed by atoms with Gasteiger partial charge in [-0.05, 0) is 38.8 Å². The Morgan fingerprint density at radius 2 is 1.95 bits per heavy atom. The fraction of sp³-hybridized carbons (Fsp3) is 0.538. The average Bonchev–Trinajstić information content (AvgIpc) is 3.62. The molecule has 12 nitrogen and oxygen atoms in total. The zero-order valence-corrected chi connectivity index (χ0v) is 24.2. The van der Waals surface area contributed by atoms with Gasteiger partial charge in [0.15, 0.2) is 11.0 Å². The average molecular weight is 591 g/mol. The summed E-state index contributed by atoms with van der Waals surface area (Å²) >= 11 is 1.37. The maximum Gasteiger partial charge on any atom is 0.337 e. The van der Waals surface area contributed by atoms with Gasteiger partial charge < -0.3 is 20.1 Å². The van der Waals surface area contributed by atoms with Crippen LogP contribution in [0.4, 0.5) is 4.79 Å². The Labute approximate surface area is 237 Å². The van der Waals surface area contributed by atoms with Gasteiger partial charge in [-0.1, -0.05) is 36.7 Å². The molecular weight excluding hydrogens is 556 g/mol. The molecule has 0 spiro atoms. The van der Waals surface area contributed by atoms with Gasteiger partial charge in [-0.3, -0.25) is 4.57 Å². The van der Waals surface area contributed by atoms with Gasteiger partial charge in [-0.25, -0.2) is 18.0 Å². The summed E-state index contributed by atoms with van der Waals surface area (Å²) in [6, 6.07) is 6.11. The number of esters is 1. The van der Waals surface area contributed by atoms with E-state index in [1.165, 1.54) is 16.1 Å². The number of nitrogens with one attached hydrogen (secondary N) is 2. The number of urea groups is 1. The number of aromatic nitrogens is 3. The summed E-state index contributed by atoms with van der Waals surface area (Å²) in [4.78, 5) is 25.1. The standard InChI is InChI=1S/C26H34N6O6S2/c1-3-38-24(33)22-17(2)27-25(34)28-21(22)16-39-26-30-29-23(32(26)19-8-4-5-9-19)18-7-6-10-20(15-18)40(35,36)31-11-13-37-14-12-31/h6-7,10,15,17,19H,3-5,8-9,11-14,16H2,1-2H3,(H2,27,28,34)/t17-/m0/s1. The minimum atomic E-state index is -3.68. The van der Waals surface area contributed by atoms with E-state index in [0.29, 0.717) is 54.1 Å². The van der Waals surface area contributed by atoms with Crippen LogP contribution in [0.25, 0.3) is 11.4 Å². The smallest absolute Gasteiger partial charge is 0.337 e. The largest absolute Gasteiger partial charge is 0.463 e. The Balaban J connectivity index is 1.47. The molecule has 14 heteroatoms. The van der Waals surface area contributed by atoms with Crippen LogP contribution in [0.2, 0.25) is 0 Å². The number of carbonyl (C=O) groups excluding carboxylic acids is 2. The van der Waals surface area contributed by atoms with Crippen molar-refractivity contribution < 1.29 is 27.5 Å². The summed E-state index contributed by atoms with van der Waals surface area (Å²) in [6.07, 6.45) is 4.07. The van der Waals surface area contributed by atoms with E-state index in [2.05, 4.69) is 25.4 Å².